The van der Waals surface area contributed by atoms with E-state index < -0.39 is 0 Å². The van der Waals surface area contributed by atoms with Crippen LogP contribution in [0.25, 0.3) is 0 Å². The van der Waals surface area contributed by atoms with Crippen molar-refractivity contribution in [1.29, 1.82) is 0 Å². The number of hydrogen-bond acceptors (Lipinski definition) is 2. The molecule has 15 heavy (non-hydrogen) atoms. The summed E-state index contributed by atoms with van der Waals surface area (Å²) >= 11 is 3.58. The van der Waals surface area contributed by atoms with E-state index in [1.165, 1.54) is 24.0 Å². The van der Waals surface area contributed by atoms with Crippen LogP contribution in [0.5, 0.6) is 0 Å². The van der Waals surface area contributed by atoms with Crippen molar-refractivity contribution in [2.45, 2.75) is 39.2 Å². The maximum atomic E-state index is 5.58. The van der Waals surface area contributed by atoms with Gasteiger partial charge in [-0.15, -0.1) is 0 Å². The quantitative estimate of drug-likeness (QED) is 0.636. The fourth-order valence-corrected chi connectivity index (χ4v) is 2.42. The Morgan fingerprint density at radius 1 is 1.47 bits per heavy atom. The predicted octanol–water partition coefficient (Wildman–Crippen LogP) is 3.45. The molecule has 3 N–H and O–H groups in total. The fourth-order valence-electron chi connectivity index (χ4n) is 1.65. The van der Waals surface area contributed by atoms with Crippen LogP contribution in [-0.2, 0) is 0 Å². The lowest BCUT2D eigenvalue weighted by atomic mass is 10.0. The summed E-state index contributed by atoms with van der Waals surface area (Å²) in [5, 5.41) is 0. The number of benzene rings is 1. The van der Waals surface area contributed by atoms with Gasteiger partial charge in [0, 0.05) is 10.5 Å². The second-order valence-corrected chi connectivity index (χ2v) is 4.74. The number of nitrogens with one attached hydrogen (secondary N) is 1. The van der Waals surface area contributed by atoms with Gasteiger partial charge in [-0.05, 0) is 30.5 Å². The average molecular weight is 271 g/mol. The Morgan fingerprint density at radius 3 is 2.73 bits per heavy atom. The molecule has 1 unspecified atom stereocenters. The van der Waals surface area contributed by atoms with Crippen LogP contribution in [0, 0.1) is 6.92 Å². The Bertz CT molecular complexity index is 312. The van der Waals surface area contributed by atoms with Crippen LogP contribution in [0.3, 0.4) is 0 Å². The van der Waals surface area contributed by atoms with Crippen molar-refractivity contribution in [3.05, 3.63) is 33.8 Å². The van der Waals surface area contributed by atoms with Crippen LogP contribution in [0.1, 0.15) is 43.4 Å². The fraction of sp³-hybridized carbons (Fsp3) is 0.500. The van der Waals surface area contributed by atoms with E-state index in [2.05, 4.69) is 53.4 Å². The second-order valence-electron chi connectivity index (χ2n) is 3.89. The normalized spacial score (nSPS) is 12.8. The molecule has 0 amide bonds. The number of unbranched alkanes of at least 4 members (excludes halogenated alkanes) is 1. The van der Waals surface area contributed by atoms with Gasteiger partial charge in [0.05, 0.1) is 0 Å². The number of hydrogen-bond donors (Lipinski definition) is 2. The molecule has 0 saturated heterocycles. The van der Waals surface area contributed by atoms with Crippen LogP contribution in [0.4, 0.5) is 0 Å². The maximum absolute atomic E-state index is 5.58. The molecular weight excluding hydrogens is 252 g/mol. The average Bonchev–Trinajstić information content (AvgIpc) is 2.21. The van der Waals surface area contributed by atoms with Gasteiger partial charge in [-0.25, -0.2) is 0 Å². The molecule has 0 saturated carbocycles. The Labute approximate surface area is 100 Å². The first kappa shape index (κ1) is 12.7. The largest absolute Gasteiger partial charge is 0.271 e. The molecule has 84 valence electrons. The Morgan fingerprint density at radius 2 is 2.20 bits per heavy atom. The standard InChI is InChI=1S/C12H19BrN2/c1-3-4-5-12(15-14)10-7-6-9(2)8-11(10)13/h6-8,12,15H,3-5,14H2,1-2H3. The van der Waals surface area contributed by atoms with Crippen LogP contribution in [0.2, 0.25) is 0 Å². The van der Waals surface area contributed by atoms with E-state index in [-0.39, 0.29) is 6.04 Å². The number of rotatable bonds is 5. The molecule has 0 aliphatic rings. The van der Waals surface area contributed by atoms with E-state index in [0.29, 0.717) is 0 Å². The minimum atomic E-state index is 0.250. The Balaban J connectivity index is 2.81. The smallest absolute Gasteiger partial charge is 0.0471 e. The van der Waals surface area contributed by atoms with Crippen LogP contribution in [-0.4, -0.2) is 0 Å². The van der Waals surface area contributed by atoms with E-state index in [9.17, 15) is 0 Å². The summed E-state index contributed by atoms with van der Waals surface area (Å²) in [6.07, 6.45) is 3.46. The summed E-state index contributed by atoms with van der Waals surface area (Å²) in [5.41, 5.74) is 5.39. The van der Waals surface area contributed by atoms with Crippen LogP contribution >= 0.6 is 15.9 Å². The third-order valence-corrected chi connectivity index (χ3v) is 3.27. The van der Waals surface area contributed by atoms with E-state index in [1.54, 1.807) is 0 Å². The molecule has 0 fully saturated rings. The summed E-state index contributed by atoms with van der Waals surface area (Å²) < 4.78 is 1.14. The summed E-state index contributed by atoms with van der Waals surface area (Å²) in [6, 6.07) is 6.64. The molecule has 0 heterocycles. The maximum Gasteiger partial charge on any atom is 0.0471 e. The van der Waals surface area contributed by atoms with Gasteiger partial charge in [0.25, 0.3) is 0 Å². The minimum absolute atomic E-state index is 0.250. The highest BCUT2D eigenvalue weighted by molar-refractivity contribution is 9.10. The number of hydrazine groups is 1. The van der Waals surface area contributed by atoms with Crippen molar-refractivity contribution < 1.29 is 0 Å². The van der Waals surface area contributed by atoms with Crippen molar-refractivity contribution in [3.63, 3.8) is 0 Å². The number of halogens is 1. The summed E-state index contributed by atoms with van der Waals surface area (Å²) in [4.78, 5) is 0. The minimum Gasteiger partial charge on any atom is -0.271 e. The first-order valence-electron chi connectivity index (χ1n) is 5.41. The predicted molar refractivity (Wildman–Crippen MR) is 68.5 cm³/mol. The molecule has 2 nitrogen and oxygen atoms in total. The highest BCUT2D eigenvalue weighted by Gasteiger charge is 2.11. The van der Waals surface area contributed by atoms with Gasteiger partial charge in [-0.3, -0.25) is 11.3 Å². The molecule has 1 aromatic rings. The SMILES string of the molecule is CCCCC(NN)c1ccc(C)cc1Br. The van der Waals surface area contributed by atoms with E-state index in [4.69, 9.17) is 5.84 Å². The molecule has 0 spiro atoms. The monoisotopic (exact) mass is 270 g/mol. The van der Waals surface area contributed by atoms with Crippen LogP contribution in [0.15, 0.2) is 22.7 Å². The lowest BCUT2D eigenvalue weighted by molar-refractivity contribution is 0.493. The zero-order chi connectivity index (χ0) is 11.3. The van der Waals surface area contributed by atoms with Gasteiger partial charge in [-0.1, -0.05) is 47.8 Å². The Hall–Kier alpha value is -0.380. The first-order valence-corrected chi connectivity index (χ1v) is 6.20. The zero-order valence-electron chi connectivity index (χ0n) is 9.39. The van der Waals surface area contributed by atoms with Crippen LogP contribution < -0.4 is 11.3 Å². The van der Waals surface area contributed by atoms with Gasteiger partial charge in [0.2, 0.25) is 0 Å². The van der Waals surface area contributed by atoms with Gasteiger partial charge in [0.1, 0.15) is 0 Å². The summed E-state index contributed by atoms with van der Waals surface area (Å²) in [7, 11) is 0. The molecule has 0 aromatic heterocycles. The van der Waals surface area contributed by atoms with Gasteiger partial charge < -0.3 is 0 Å². The first-order chi connectivity index (χ1) is 7.19. The molecular formula is C12H19BrN2. The number of aryl methyl sites for hydroxylation is 1. The van der Waals surface area contributed by atoms with E-state index >= 15 is 0 Å². The van der Waals surface area contributed by atoms with Gasteiger partial charge in [-0.2, -0.15) is 0 Å². The summed E-state index contributed by atoms with van der Waals surface area (Å²) in [6.45, 7) is 4.28. The highest BCUT2D eigenvalue weighted by atomic mass is 79.9. The zero-order valence-corrected chi connectivity index (χ0v) is 11.0. The molecule has 1 rings (SSSR count). The molecule has 1 atom stereocenters. The third kappa shape index (κ3) is 3.59. The molecule has 1 aromatic carbocycles. The van der Waals surface area contributed by atoms with Crippen molar-refractivity contribution in [2.75, 3.05) is 0 Å². The lowest BCUT2D eigenvalue weighted by Gasteiger charge is -2.17. The van der Waals surface area contributed by atoms with Gasteiger partial charge in [0.15, 0.2) is 0 Å². The topological polar surface area (TPSA) is 38.0 Å². The molecule has 0 aliphatic carbocycles. The van der Waals surface area contributed by atoms with Crippen molar-refractivity contribution >= 4 is 15.9 Å². The second kappa shape index (κ2) is 6.26. The molecule has 0 bridgehead atoms. The summed E-state index contributed by atoms with van der Waals surface area (Å²) in [5.74, 6) is 5.58. The highest BCUT2D eigenvalue weighted by Crippen LogP contribution is 2.27. The molecule has 3 heteroatoms. The third-order valence-electron chi connectivity index (χ3n) is 2.58. The lowest BCUT2D eigenvalue weighted by Crippen LogP contribution is -2.28. The van der Waals surface area contributed by atoms with E-state index in [1.807, 2.05) is 0 Å². The van der Waals surface area contributed by atoms with Crippen molar-refractivity contribution in [3.8, 4) is 0 Å². The van der Waals surface area contributed by atoms with E-state index in [0.717, 1.165) is 10.9 Å². The number of nitrogens with two attached hydrogens (primary N) is 1. The van der Waals surface area contributed by atoms with Gasteiger partial charge >= 0.3 is 0 Å². The molecule has 0 aliphatic heterocycles. The molecule has 0 radical (unpaired) electrons. The Kier molecular flexibility index (Phi) is 5.29. The van der Waals surface area contributed by atoms with Crippen molar-refractivity contribution in [1.82, 2.24) is 5.43 Å². The van der Waals surface area contributed by atoms with Crippen molar-refractivity contribution in [2.24, 2.45) is 5.84 Å².